The van der Waals surface area contributed by atoms with Crippen LogP contribution in [0.2, 0.25) is 0 Å². The van der Waals surface area contributed by atoms with Gasteiger partial charge in [-0.1, -0.05) is 72.8 Å². The quantitative estimate of drug-likeness (QED) is 0.486. The molecule has 5 atom stereocenters. The highest BCUT2D eigenvalue weighted by molar-refractivity contribution is 5.63. The van der Waals surface area contributed by atoms with Gasteiger partial charge in [0.25, 0.3) is 0 Å². The van der Waals surface area contributed by atoms with Crippen molar-refractivity contribution in [3.8, 4) is 16.9 Å². The standard InChI is InChI=1S/C25H26O6/c26-15-21-22(27)23(28)24(29)25(31-21)30-20-9-5-4-8-19(20)14-16-10-12-18(13-11-16)17-6-2-1-3-7-17/h1-13,21-29H,14-15H2/t21-,22-,23+,24-,25-/m1/s1. The molecule has 3 aromatic carbocycles. The zero-order chi connectivity index (χ0) is 21.8. The average Bonchev–Trinajstić information content (AvgIpc) is 2.81. The van der Waals surface area contributed by atoms with E-state index in [9.17, 15) is 20.4 Å². The van der Waals surface area contributed by atoms with Gasteiger partial charge in [0.05, 0.1) is 6.61 Å². The van der Waals surface area contributed by atoms with Crippen LogP contribution in [-0.4, -0.2) is 57.7 Å². The van der Waals surface area contributed by atoms with Gasteiger partial charge in [-0.25, -0.2) is 0 Å². The van der Waals surface area contributed by atoms with E-state index in [1.165, 1.54) is 0 Å². The van der Waals surface area contributed by atoms with Crippen LogP contribution in [0, 0.1) is 0 Å². The van der Waals surface area contributed by atoms with Crippen LogP contribution in [-0.2, 0) is 11.2 Å². The fourth-order valence-corrected chi connectivity index (χ4v) is 3.72. The minimum atomic E-state index is -1.48. The molecular weight excluding hydrogens is 396 g/mol. The van der Waals surface area contributed by atoms with Crippen LogP contribution >= 0.6 is 0 Å². The molecule has 4 rings (SSSR count). The summed E-state index contributed by atoms with van der Waals surface area (Å²) in [6.07, 6.45) is -5.97. The van der Waals surface area contributed by atoms with E-state index in [-0.39, 0.29) is 0 Å². The van der Waals surface area contributed by atoms with Gasteiger partial charge in [-0.3, -0.25) is 0 Å². The molecule has 0 spiro atoms. The first-order chi connectivity index (χ1) is 15.1. The summed E-state index contributed by atoms with van der Waals surface area (Å²) in [6, 6.07) is 25.8. The molecule has 1 fully saturated rings. The second kappa shape index (κ2) is 9.60. The Bertz CT molecular complexity index is 973. The fraction of sp³-hybridized carbons (Fsp3) is 0.280. The van der Waals surface area contributed by atoms with Crippen molar-refractivity contribution >= 4 is 0 Å². The maximum absolute atomic E-state index is 10.3. The molecule has 0 aromatic heterocycles. The molecule has 4 N–H and O–H groups in total. The third-order valence-electron chi connectivity index (χ3n) is 5.52. The van der Waals surface area contributed by atoms with Crippen LogP contribution in [0.3, 0.4) is 0 Å². The summed E-state index contributed by atoms with van der Waals surface area (Å²) < 4.78 is 11.3. The Morgan fingerprint density at radius 1 is 0.710 bits per heavy atom. The van der Waals surface area contributed by atoms with Gasteiger partial charge >= 0.3 is 0 Å². The Kier molecular flexibility index (Phi) is 6.65. The first kappa shape index (κ1) is 21.5. The van der Waals surface area contributed by atoms with Crippen LogP contribution in [0.5, 0.6) is 5.75 Å². The summed E-state index contributed by atoms with van der Waals surface area (Å²) in [5.74, 6) is 0.499. The van der Waals surface area contributed by atoms with Crippen LogP contribution < -0.4 is 4.74 Å². The molecule has 3 aromatic rings. The third kappa shape index (κ3) is 4.79. The van der Waals surface area contributed by atoms with Gasteiger partial charge in [0.2, 0.25) is 6.29 Å². The van der Waals surface area contributed by atoms with Crippen molar-refractivity contribution < 1.29 is 29.9 Å². The molecule has 0 saturated carbocycles. The highest BCUT2D eigenvalue weighted by Gasteiger charge is 2.44. The number of benzene rings is 3. The molecule has 0 amide bonds. The number of para-hydroxylation sites is 1. The molecule has 0 radical (unpaired) electrons. The fourth-order valence-electron chi connectivity index (χ4n) is 3.72. The molecule has 6 nitrogen and oxygen atoms in total. The van der Waals surface area contributed by atoms with E-state index in [0.29, 0.717) is 12.2 Å². The molecule has 1 aliphatic rings. The Morgan fingerprint density at radius 3 is 2.06 bits per heavy atom. The van der Waals surface area contributed by atoms with Gasteiger partial charge in [-0.2, -0.15) is 0 Å². The minimum absolute atomic E-state index is 0.499. The minimum Gasteiger partial charge on any atom is -0.462 e. The molecule has 1 heterocycles. The lowest BCUT2D eigenvalue weighted by Crippen LogP contribution is -2.60. The maximum Gasteiger partial charge on any atom is 0.229 e. The van der Waals surface area contributed by atoms with E-state index in [0.717, 1.165) is 22.3 Å². The van der Waals surface area contributed by atoms with Crippen molar-refractivity contribution in [2.24, 2.45) is 0 Å². The SMILES string of the molecule is OC[C@H]1O[C@@H](Oc2ccccc2Cc2ccc(-c3ccccc3)cc2)[C@H](O)[C@@H](O)[C@@H]1O. The van der Waals surface area contributed by atoms with E-state index in [4.69, 9.17) is 9.47 Å². The summed E-state index contributed by atoms with van der Waals surface area (Å²) in [4.78, 5) is 0. The highest BCUT2D eigenvalue weighted by atomic mass is 16.7. The summed E-state index contributed by atoms with van der Waals surface area (Å²) >= 11 is 0. The van der Waals surface area contributed by atoms with Crippen molar-refractivity contribution in [2.75, 3.05) is 6.61 Å². The molecular formula is C25H26O6. The molecule has 0 unspecified atom stereocenters. The zero-order valence-corrected chi connectivity index (χ0v) is 16.9. The van der Waals surface area contributed by atoms with E-state index >= 15 is 0 Å². The van der Waals surface area contributed by atoms with Crippen LogP contribution in [0.4, 0.5) is 0 Å². The Hall–Kier alpha value is -2.74. The molecule has 6 heteroatoms. The van der Waals surface area contributed by atoms with Gasteiger partial charge in [0, 0.05) is 6.42 Å². The predicted molar refractivity (Wildman–Crippen MR) is 116 cm³/mol. The summed E-state index contributed by atoms with van der Waals surface area (Å²) in [5.41, 5.74) is 4.26. The van der Waals surface area contributed by atoms with Gasteiger partial charge in [0.15, 0.2) is 0 Å². The number of ether oxygens (including phenoxy) is 2. The van der Waals surface area contributed by atoms with Crippen molar-refractivity contribution in [3.63, 3.8) is 0 Å². The number of hydrogen-bond acceptors (Lipinski definition) is 6. The second-order valence-corrected chi connectivity index (χ2v) is 7.66. The van der Waals surface area contributed by atoms with Crippen molar-refractivity contribution in [1.29, 1.82) is 0 Å². The number of aliphatic hydroxyl groups excluding tert-OH is 4. The Morgan fingerprint density at radius 2 is 1.35 bits per heavy atom. The number of rotatable bonds is 6. The molecule has 162 valence electrons. The summed E-state index contributed by atoms with van der Waals surface area (Å²) in [6.45, 7) is -0.500. The highest BCUT2D eigenvalue weighted by Crippen LogP contribution is 2.28. The lowest BCUT2D eigenvalue weighted by atomic mass is 9.99. The molecule has 0 bridgehead atoms. The lowest BCUT2D eigenvalue weighted by molar-refractivity contribution is -0.277. The third-order valence-corrected chi connectivity index (χ3v) is 5.52. The summed E-state index contributed by atoms with van der Waals surface area (Å²) in [7, 11) is 0. The van der Waals surface area contributed by atoms with Gasteiger partial charge in [-0.15, -0.1) is 0 Å². The average molecular weight is 422 g/mol. The van der Waals surface area contributed by atoms with E-state index < -0.39 is 37.3 Å². The van der Waals surface area contributed by atoms with E-state index in [1.54, 1.807) is 12.1 Å². The van der Waals surface area contributed by atoms with Gasteiger partial charge < -0.3 is 29.9 Å². The zero-order valence-electron chi connectivity index (χ0n) is 16.9. The van der Waals surface area contributed by atoms with E-state index in [2.05, 4.69) is 36.4 Å². The van der Waals surface area contributed by atoms with E-state index in [1.807, 2.05) is 30.3 Å². The Labute approximate surface area is 180 Å². The smallest absolute Gasteiger partial charge is 0.229 e. The van der Waals surface area contributed by atoms with Crippen LogP contribution in [0.15, 0.2) is 78.9 Å². The number of aliphatic hydroxyl groups is 4. The monoisotopic (exact) mass is 422 g/mol. The summed E-state index contributed by atoms with van der Waals surface area (Å²) in [5, 5.41) is 39.6. The normalized spacial score (nSPS) is 25.9. The molecule has 1 saturated heterocycles. The van der Waals surface area contributed by atoms with Crippen molar-refractivity contribution in [3.05, 3.63) is 90.0 Å². The number of hydrogen-bond donors (Lipinski definition) is 4. The van der Waals surface area contributed by atoms with Crippen molar-refractivity contribution in [1.82, 2.24) is 0 Å². The van der Waals surface area contributed by atoms with Crippen LogP contribution in [0.1, 0.15) is 11.1 Å². The molecule has 0 aliphatic carbocycles. The first-order valence-electron chi connectivity index (χ1n) is 10.3. The lowest BCUT2D eigenvalue weighted by Gasteiger charge is -2.39. The van der Waals surface area contributed by atoms with Crippen LogP contribution in [0.25, 0.3) is 11.1 Å². The van der Waals surface area contributed by atoms with Crippen molar-refractivity contribution in [2.45, 2.75) is 37.1 Å². The Balaban J connectivity index is 1.50. The second-order valence-electron chi connectivity index (χ2n) is 7.66. The largest absolute Gasteiger partial charge is 0.462 e. The maximum atomic E-state index is 10.3. The molecule has 1 aliphatic heterocycles. The van der Waals surface area contributed by atoms with Gasteiger partial charge in [-0.05, 0) is 28.3 Å². The predicted octanol–water partition coefficient (Wildman–Crippen LogP) is 2.12. The van der Waals surface area contributed by atoms with Gasteiger partial charge in [0.1, 0.15) is 30.2 Å². The topological polar surface area (TPSA) is 99.4 Å². The first-order valence-corrected chi connectivity index (χ1v) is 10.3. The molecule has 31 heavy (non-hydrogen) atoms.